The van der Waals surface area contributed by atoms with Crippen LogP contribution in [-0.4, -0.2) is 56.5 Å². The van der Waals surface area contributed by atoms with Gasteiger partial charge in [0.25, 0.3) is 5.91 Å². The molecule has 0 saturated carbocycles. The minimum Gasteiger partial charge on any atom is -0.336 e. The third-order valence-electron chi connectivity index (χ3n) is 4.92. The van der Waals surface area contributed by atoms with Crippen molar-refractivity contribution in [1.82, 2.24) is 24.4 Å². The number of fused-ring (bicyclic) bond motifs is 1. The smallest absolute Gasteiger partial charge is 0.259 e. The van der Waals surface area contributed by atoms with Crippen LogP contribution in [0.4, 0.5) is 0 Å². The molecular formula is C20H23N5O. The van der Waals surface area contributed by atoms with Crippen LogP contribution in [-0.2, 0) is 6.54 Å². The minimum atomic E-state index is 0.0249. The van der Waals surface area contributed by atoms with Gasteiger partial charge in [-0.1, -0.05) is 30.3 Å². The van der Waals surface area contributed by atoms with Crippen LogP contribution >= 0.6 is 0 Å². The third-order valence-corrected chi connectivity index (χ3v) is 4.92. The van der Waals surface area contributed by atoms with Gasteiger partial charge in [-0.25, -0.2) is 9.50 Å². The van der Waals surface area contributed by atoms with Crippen molar-refractivity contribution in [3.63, 3.8) is 0 Å². The molecule has 1 aliphatic heterocycles. The summed E-state index contributed by atoms with van der Waals surface area (Å²) in [7, 11) is 0. The zero-order chi connectivity index (χ0) is 18.1. The zero-order valence-corrected chi connectivity index (χ0v) is 15.2. The van der Waals surface area contributed by atoms with E-state index in [1.54, 1.807) is 10.7 Å². The van der Waals surface area contributed by atoms with E-state index in [9.17, 15) is 4.79 Å². The Bertz CT molecular complexity index is 926. The number of aromatic nitrogens is 3. The predicted octanol–water partition coefficient (Wildman–Crippen LogP) is 2.30. The number of benzene rings is 1. The molecule has 1 aromatic carbocycles. The molecule has 1 saturated heterocycles. The number of aryl methyl sites for hydroxylation is 2. The lowest BCUT2D eigenvalue weighted by Crippen LogP contribution is -2.48. The van der Waals surface area contributed by atoms with Crippen LogP contribution in [0.5, 0.6) is 0 Å². The largest absolute Gasteiger partial charge is 0.336 e. The number of nitrogens with zero attached hydrogens (tertiary/aromatic N) is 5. The highest BCUT2D eigenvalue weighted by molar-refractivity contribution is 5.99. The Hall–Kier alpha value is -2.73. The van der Waals surface area contributed by atoms with Gasteiger partial charge in [-0.3, -0.25) is 9.69 Å². The van der Waals surface area contributed by atoms with Crippen molar-refractivity contribution in [2.75, 3.05) is 26.2 Å². The summed E-state index contributed by atoms with van der Waals surface area (Å²) in [6.07, 6.45) is 1.65. The second-order valence-corrected chi connectivity index (χ2v) is 6.89. The van der Waals surface area contributed by atoms with E-state index in [4.69, 9.17) is 0 Å². The molecule has 1 fully saturated rings. The third kappa shape index (κ3) is 3.20. The summed E-state index contributed by atoms with van der Waals surface area (Å²) in [5.74, 6) is 0.0249. The maximum atomic E-state index is 13.0. The van der Waals surface area contributed by atoms with E-state index >= 15 is 0 Å². The van der Waals surface area contributed by atoms with Crippen LogP contribution in [0.3, 0.4) is 0 Å². The maximum Gasteiger partial charge on any atom is 0.259 e. The number of hydrogen-bond donors (Lipinski definition) is 0. The Kier molecular flexibility index (Phi) is 4.42. The molecule has 3 heterocycles. The van der Waals surface area contributed by atoms with Gasteiger partial charge in [0, 0.05) is 44.1 Å². The van der Waals surface area contributed by atoms with Gasteiger partial charge in [0.2, 0.25) is 0 Å². The zero-order valence-electron chi connectivity index (χ0n) is 15.2. The first-order valence-corrected chi connectivity index (χ1v) is 8.99. The van der Waals surface area contributed by atoms with Crippen LogP contribution in [0.25, 0.3) is 5.65 Å². The Balaban J connectivity index is 1.46. The second-order valence-electron chi connectivity index (χ2n) is 6.89. The highest BCUT2D eigenvalue weighted by Gasteiger charge is 2.25. The van der Waals surface area contributed by atoms with Crippen molar-refractivity contribution in [1.29, 1.82) is 0 Å². The Morgan fingerprint density at radius 2 is 1.81 bits per heavy atom. The van der Waals surface area contributed by atoms with Crippen molar-refractivity contribution in [3.05, 3.63) is 65.1 Å². The lowest BCUT2D eigenvalue weighted by atomic mass is 10.2. The number of amides is 1. The molecule has 0 radical (unpaired) electrons. The second kappa shape index (κ2) is 6.88. The normalized spacial score (nSPS) is 15.5. The molecule has 6 nitrogen and oxygen atoms in total. The number of carbonyl (C=O) groups is 1. The standard InChI is InChI=1S/C20H23N5O/c1-15-12-16(2)25-19(22-15)18(13-21-25)20(26)24-10-8-23(9-11-24)14-17-6-4-3-5-7-17/h3-7,12-13H,8-11,14H2,1-2H3. The molecular weight excluding hydrogens is 326 g/mol. The van der Waals surface area contributed by atoms with E-state index in [-0.39, 0.29) is 5.91 Å². The van der Waals surface area contributed by atoms with Crippen molar-refractivity contribution < 1.29 is 4.79 Å². The average Bonchev–Trinajstić information content (AvgIpc) is 3.07. The fraction of sp³-hybridized carbons (Fsp3) is 0.350. The molecule has 134 valence electrons. The van der Waals surface area contributed by atoms with Crippen LogP contribution in [0, 0.1) is 13.8 Å². The lowest BCUT2D eigenvalue weighted by molar-refractivity contribution is 0.0630. The molecule has 6 heteroatoms. The van der Waals surface area contributed by atoms with Gasteiger partial charge in [-0.2, -0.15) is 5.10 Å². The summed E-state index contributed by atoms with van der Waals surface area (Å²) in [5.41, 5.74) is 4.44. The van der Waals surface area contributed by atoms with Crippen LogP contribution in [0.1, 0.15) is 27.3 Å². The number of hydrogen-bond acceptors (Lipinski definition) is 4. The summed E-state index contributed by atoms with van der Waals surface area (Å²) in [6, 6.07) is 12.4. The highest BCUT2D eigenvalue weighted by atomic mass is 16.2. The molecule has 1 aliphatic rings. The molecule has 0 atom stereocenters. The molecule has 0 unspecified atom stereocenters. The van der Waals surface area contributed by atoms with Gasteiger partial charge in [0.1, 0.15) is 5.56 Å². The van der Waals surface area contributed by atoms with E-state index in [0.29, 0.717) is 11.2 Å². The van der Waals surface area contributed by atoms with Crippen LogP contribution < -0.4 is 0 Å². The van der Waals surface area contributed by atoms with Crippen molar-refractivity contribution in [2.45, 2.75) is 20.4 Å². The summed E-state index contributed by atoms with van der Waals surface area (Å²) in [5, 5.41) is 4.34. The van der Waals surface area contributed by atoms with E-state index < -0.39 is 0 Å². The van der Waals surface area contributed by atoms with Gasteiger partial charge in [-0.15, -0.1) is 0 Å². The molecule has 0 bridgehead atoms. The van der Waals surface area contributed by atoms with Gasteiger partial charge in [-0.05, 0) is 25.5 Å². The minimum absolute atomic E-state index is 0.0249. The van der Waals surface area contributed by atoms with Crippen molar-refractivity contribution >= 4 is 11.6 Å². The molecule has 2 aromatic heterocycles. The fourth-order valence-electron chi connectivity index (χ4n) is 3.54. The summed E-state index contributed by atoms with van der Waals surface area (Å²) in [4.78, 5) is 21.8. The summed E-state index contributed by atoms with van der Waals surface area (Å²) < 4.78 is 1.74. The van der Waals surface area contributed by atoms with E-state index in [2.05, 4.69) is 39.2 Å². The molecule has 26 heavy (non-hydrogen) atoms. The Morgan fingerprint density at radius 3 is 2.54 bits per heavy atom. The quantitative estimate of drug-likeness (QED) is 0.728. The molecule has 1 amide bonds. The van der Waals surface area contributed by atoms with Gasteiger partial charge in [0.05, 0.1) is 6.20 Å². The predicted molar refractivity (Wildman–Crippen MR) is 100 cm³/mol. The SMILES string of the molecule is Cc1cc(C)n2ncc(C(=O)N3CCN(Cc4ccccc4)CC3)c2n1. The van der Waals surface area contributed by atoms with E-state index in [1.165, 1.54) is 5.56 Å². The molecule has 0 spiro atoms. The number of carbonyl (C=O) groups excluding carboxylic acids is 1. The fourth-order valence-corrected chi connectivity index (χ4v) is 3.54. The molecule has 3 aromatic rings. The van der Waals surface area contributed by atoms with Crippen LogP contribution in [0.15, 0.2) is 42.6 Å². The first-order valence-electron chi connectivity index (χ1n) is 8.99. The Morgan fingerprint density at radius 1 is 1.08 bits per heavy atom. The average molecular weight is 349 g/mol. The summed E-state index contributed by atoms with van der Waals surface area (Å²) in [6.45, 7) is 8.07. The van der Waals surface area contributed by atoms with Crippen LogP contribution in [0.2, 0.25) is 0 Å². The monoisotopic (exact) mass is 349 g/mol. The first kappa shape index (κ1) is 16.7. The first-order chi connectivity index (χ1) is 12.6. The number of rotatable bonds is 3. The molecule has 0 N–H and O–H groups in total. The maximum absolute atomic E-state index is 13.0. The van der Waals surface area contributed by atoms with Crippen molar-refractivity contribution in [3.8, 4) is 0 Å². The molecule has 0 aliphatic carbocycles. The van der Waals surface area contributed by atoms with Gasteiger partial charge < -0.3 is 4.90 Å². The number of piperazine rings is 1. The van der Waals surface area contributed by atoms with E-state index in [1.807, 2.05) is 30.9 Å². The lowest BCUT2D eigenvalue weighted by Gasteiger charge is -2.34. The Labute approximate surface area is 153 Å². The van der Waals surface area contributed by atoms with E-state index in [0.717, 1.165) is 44.1 Å². The van der Waals surface area contributed by atoms with Crippen molar-refractivity contribution in [2.24, 2.45) is 0 Å². The topological polar surface area (TPSA) is 53.7 Å². The van der Waals surface area contributed by atoms with Gasteiger partial charge in [0.15, 0.2) is 5.65 Å². The summed E-state index contributed by atoms with van der Waals surface area (Å²) >= 11 is 0. The molecule has 4 rings (SSSR count). The highest BCUT2D eigenvalue weighted by Crippen LogP contribution is 2.16. The van der Waals surface area contributed by atoms with Gasteiger partial charge >= 0.3 is 0 Å².